The minimum atomic E-state index is -4.73. The number of amides is 1. The molecule has 3 nitrogen and oxygen atoms in total. The van der Waals surface area contributed by atoms with E-state index in [2.05, 4.69) is 4.98 Å². The van der Waals surface area contributed by atoms with Crippen LogP contribution >= 0.6 is 0 Å². The third kappa shape index (κ3) is 2.23. The molecule has 82 valence electrons. The van der Waals surface area contributed by atoms with E-state index < -0.39 is 34.9 Å². The summed E-state index contributed by atoms with van der Waals surface area (Å²) in [4.78, 5) is 13.6. The number of aryl methyl sites for hydroxylation is 1. The Hall–Kier alpha value is -1.66. The van der Waals surface area contributed by atoms with Crippen molar-refractivity contribution in [2.45, 2.75) is 13.1 Å². The molecule has 0 aliphatic rings. The highest BCUT2D eigenvalue weighted by Crippen LogP contribution is 2.29. The fraction of sp³-hybridized carbons (Fsp3) is 0.250. The van der Waals surface area contributed by atoms with Crippen LogP contribution in [0.15, 0.2) is 6.07 Å². The van der Waals surface area contributed by atoms with Gasteiger partial charge in [-0.1, -0.05) is 0 Å². The second kappa shape index (κ2) is 3.48. The molecule has 1 rings (SSSR count). The van der Waals surface area contributed by atoms with E-state index >= 15 is 0 Å². The van der Waals surface area contributed by atoms with E-state index in [1.54, 1.807) is 0 Å². The van der Waals surface area contributed by atoms with E-state index in [1.807, 2.05) is 0 Å². The Morgan fingerprint density at radius 2 is 2.00 bits per heavy atom. The quantitative estimate of drug-likeness (QED) is 0.734. The SMILES string of the molecule is Cc1nc(C(F)(F)F)cc(C(N)=O)c1F. The molecule has 7 heteroatoms. The number of aromatic nitrogens is 1. The van der Waals surface area contributed by atoms with Gasteiger partial charge in [0.25, 0.3) is 5.91 Å². The van der Waals surface area contributed by atoms with Crippen LogP contribution in [0.5, 0.6) is 0 Å². The van der Waals surface area contributed by atoms with Crippen molar-refractivity contribution < 1.29 is 22.4 Å². The number of rotatable bonds is 1. The van der Waals surface area contributed by atoms with Crippen LogP contribution in [0.3, 0.4) is 0 Å². The molecule has 0 saturated heterocycles. The molecule has 1 heterocycles. The molecule has 0 aliphatic heterocycles. The van der Waals surface area contributed by atoms with Crippen molar-refractivity contribution in [3.05, 3.63) is 28.8 Å². The van der Waals surface area contributed by atoms with Gasteiger partial charge < -0.3 is 5.73 Å². The molecule has 1 amide bonds. The zero-order valence-electron chi connectivity index (χ0n) is 7.52. The summed E-state index contributed by atoms with van der Waals surface area (Å²) in [5, 5.41) is 0. The van der Waals surface area contributed by atoms with Gasteiger partial charge in [-0.3, -0.25) is 4.79 Å². The standard InChI is InChI=1S/C8H6F4N2O/c1-3-6(9)4(7(13)15)2-5(14-3)8(10,11)12/h2H,1H3,(H2,13,15). The van der Waals surface area contributed by atoms with Crippen LogP contribution in [-0.4, -0.2) is 10.9 Å². The van der Waals surface area contributed by atoms with E-state index in [-0.39, 0.29) is 0 Å². The zero-order chi connectivity index (χ0) is 11.8. The zero-order valence-corrected chi connectivity index (χ0v) is 7.52. The molecule has 0 bridgehead atoms. The van der Waals surface area contributed by atoms with Crippen molar-refractivity contribution in [1.29, 1.82) is 0 Å². The fourth-order valence-electron chi connectivity index (χ4n) is 0.982. The van der Waals surface area contributed by atoms with Crippen LogP contribution in [0.25, 0.3) is 0 Å². The van der Waals surface area contributed by atoms with E-state index in [0.29, 0.717) is 6.07 Å². The maximum Gasteiger partial charge on any atom is 0.433 e. The Bertz CT molecular complexity index is 414. The molecule has 0 unspecified atom stereocenters. The Kier molecular flexibility index (Phi) is 2.65. The predicted molar refractivity (Wildman–Crippen MR) is 42.5 cm³/mol. The summed E-state index contributed by atoms with van der Waals surface area (Å²) in [6.45, 7) is 1.02. The number of nitrogens with two attached hydrogens (primary N) is 1. The van der Waals surface area contributed by atoms with Gasteiger partial charge in [-0.05, 0) is 13.0 Å². The molecule has 0 fully saturated rings. The topological polar surface area (TPSA) is 56.0 Å². The average molecular weight is 222 g/mol. The molecule has 2 N–H and O–H groups in total. The number of primary amides is 1. The van der Waals surface area contributed by atoms with E-state index in [1.165, 1.54) is 0 Å². The Morgan fingerprint density at radius 3 is 2.40 bits per heavy atom. The van der Waals surface area contributed by atoms with Gasteiger partial charge in [0.05, 0.1) is 11.3 Å². The summed E-state index contributed by atoms with van der Waals surface area (Å²) in [5.41, 5.74) is 2.06. The number of hydrogen-bond donors (Lipinski definition) is 1. The lowest BCUT2D eigenvalue weighted by Crippen LogP contribution is -2.18. The number of carbonyl (C=O) groups is 1. The lowest BCUT2D eigenvalue weighted by Gasteiger charge is -2.09. The molecule has 1 aromatic heterocycles. The summed E-state index contributed by atoms with van der Waals surface area (Å²) >= 11 is 0. The van der Waals surface area contributed by atoms with Gasteiger partial charge in [0, 0.05) is 0 Å². The summed E-state index contributed by atoms with van der Waals surface area (Å²) in [5.74, 6) is -2.39. The summed E-state index contributed by atoms with van der Waals surface area (Å²) in [6, 6.07) is 0.296. The van der Waals surface area contributed by atoms with E-state index in [4.69, 9.17) is 5.73 Å². The first-order valence-electron chi connectivity index (χ1n) is 3.77. The summed E-state index contributed by atoms with van der Waals surface area (Å²) in [6.07, 6.45) is -4.73. The first-order valence-corrected chi connectivity index (χ1v) is 3.77. The number of halogens is 4. The van der Waals surface area contributed by atoms with Crippen molar-refractivity contribution in [3.63, 3.8) is 0 Å². The van der Waals surface area contributed by atoms with Crippen molar-refractivity contribution in [2.24, 2.45) is 5.73 Å². The van der Waals surface area contributed by atoms with Gasteiger partial charge in [-0.25, -0.2) is 9.37 Å². The predicted octanol–water partition coefficient (Wildman–Crippen LogP) is 1.65. The molecule has 0 aliphatic carbocycles. The number of alkyl halides is 3. The number of carbonyl (C=O) groups excluding carboxylic acids is 1. The Balaban J connectivity index is 3.43. The van der Waals surface area contributed by atoms with Gasteiger partial charge in [-0.15, -0.1) is 0 Å². The lowest BCUT2D eigenvalue weighted by molar-refractivity contribution is -0.141. The number of pyridine rings is 1. The molecular formula is C8H6F4N2O. The van der Waals surface area contributed by atoms with Crippen molar-refractivity contribution >= 4 is 5.91 Å². The van der Waals surface area contributed by atoms with Crippen LogP contribution < -0.4 is 5.73 Å². The lowest BCUT2D eigenvalue weighted by atomic mass is 10.1. The molecule has 1 aromatic rings. The van der Waals surface area contributed by atoms with Crippen LogP contribution in [0.1, 0.15) is 21.7 Å². The van der Waals surface area contributed by atoms with Crippen LogP contribution in [-0.2, 0) is 6.18 Å². The summed E-state index contributed by atoms with van der Waals surface area (Å²) < 4.78 is 49.7. The normalized spacial score (nSPS) is 11.5. The van der Waals surface area contributed by atoms with Crippen LogP contribution in [0, 0.1) is 12.7 Å². The third-order valence-electron chi connectivity index (χ3n) is 1.68. The molecule has 0 aromatic carbocycles. The second-order valence-electron chi connectivity index (χ2n) is 2.82. The number of hydrogen-bond acceptors (Lipinski definition) is 2. The largest absolute Gasteiger partial charge is 0.433 e. The van der Waals surface area contributed by atoms with Crippen LogP contribution in [0.2, 0.25) is 0 Å². The molecule has 0 spiro atoms. The highest BCUT2D eigenvalue weighted by Gasteiger charge is 2.34. The van der Waals surface area contributed by atoms with Gasteiger partial charge in [0.2, 0.25) is 0 Å². The number of nitrogens with zero attached hydrogens (tertiary/aromatic N) is 1. The minimum Gasteiger partial charge on any atom is -0.366 e. The van der Waals surface area contributed by atoms with Gasteiger partial charge >= 0.3 is 6.18 Å². The average Bonchev–Trinajstić information content (AvgIpc) is 2.06. The highest BCUT2D eigenvalue weighted by molar-refractivity contribution is 5.93. The van der Waals surface area contributed by atoms with Gasteiger partial charge in [0.15, 0.2) is 5.82 Å². The monoisotopic (exact) mass is 222 g/mol. The van der Waals surface area contributed by atoms with Crippen molar-refractivity contribution in [3.8, 4) is 0 Å². The summed E-state index contributed by atoms with van der Waals surface area (Å²) in [7, 11) is 0. The fourth-order valence-corrected chi connectivity index (χ4v) is 0.982. The van der Waals surface area contributed by atoms with Crippen molar-refractivity contribution in [2.75, 3.05) is 0 Å². The maximum atomic E-state index is 13.1. The van der Waals surface area contributed by atoms with Crippen molar-refractivity contribution in [1.82, 2.24) is 4.98 Å². The maximum absolute atomic E-state index is 13.1. The third-order valence-corrected chi connectivity index (χ3v) is 1.68. The molecule has 15 heavy (non-hydrogen) atoms. The minimum absolute atomic E-state index is 0.296. The first kappa shape index (κ1) is 11.4. The molecule has 0 radical (unpaired) electrons. The van der Waals surface area contributed by atoms with Gasteiger partial charge in [0.1, 0.15) is 5.69 Å². The molecule has 0 atom stereocenters. The Morgan fingerprint density at radius 1 is 1.47 bits per heavy atom. The van der Waals surface area contributed by atoms with Gasteiger partial charge in [-0.2, -0.15) is 13.2 Å². The Labute approximate surface area is 81.9 Å². The first-order chi connectivity index (χ1) is 6.73. The molecular weight excluding hydrogens is 216 g/mol. The second-order valence-corrected chi connectivity index (χ2v) is 2.82. The van der Waals surface area contributed by atoms with Crippen LogP contribution in [0.4, 0.5) is 17.6 Å². The smallest absolute Gasteiger partial charge is 0.366 e. The highest BCUT2D eigenvalue weighted by atomic mass is 19.4. The van der Waals surface area contributed by atoms with E-state index in [0.717, 1.165) is 6.92 Å². The van der Waals surface area contributed by atoms with E-state index in [9.17, 15) is 22.4 Å². The molecule has 0 saturated carbocycles.